The van der Waals surface area contributed by atoms with E-state index in [-0.39, 0.29) is 0 Å². The van der Waals surface area contributed by atoms with Gasteiger partial charge in [0.25, 0.3) is 0 Å². The van der Waals surface area contributed by atoms with Crippen molar-refractivity contribution in [3.8, 4) is 0 Å². The van der Waals surface area contributed by atoms with E-state index in [2.05, 4.69) is 5.32 Å². The Morgan fingerprint density at radius 3 is 2.36 bits per heavy atom. The summed E-state index contributed by atoms with van der Waals surface area (Å²) >= 11 is 0. The molecule has 1 rings (SSSR count). The van der Waals surface area contributed by atoms with E-state index in [4.69, 9.17) is 4.74 Å². The van der Waals surface area contributed by atoms with Crippen LogP contribution < -0.4 is 5.32 Å². The fourth-order valence-corrected chi connectivity index (χ4v) is 1.08. The maximum Gasteiger partial charge on any atom is 0.410 e. The third kappa shape index (κ3) is 1.07. The first-order valence-electron chi connectivity index (χ1n) is 3.65. The zero-order valence-electron chi connectivity index (χ0n) is 6.97. The molecule has 0 aliphatic carbocycles. The summed E-state index contributed by atoms with van der Waals surface area (Å²) in [5, 5.41) is 12.0. The summed E-state index contributed by atoms with van der Waals surface area (Å²) in [7, 11) is 0. The zero-order chi connectivity index (χ0) is 8.70. The first-order chi connectivity index (χ1) is 4.91. The van der Waals surface area contributed by atoms with Crippen LogP contribution in [0.5, 0.6) is 0 Å². The molecule has 0 spiro atoms. The van der Waals surface area contributed by atoms with E-state index in [0.717, 1.165) is 0 Å². The van der Waals surface area contributed by atoms with E-state index in [1.165, 1.54) is 6.92 Å². The van der Waals surface area contributed by atoms with E-state index in [1.54, 1.807) is 6.92 Å². The second-order valence-electron chi connectivity index (χ2n) is 3.17. The molecule has 1 saturated heterocycles. The molecule has 1 fully saturated rings. The van der Waals surface area contributed by atoms with E-state index in [9.17, 15) is 9.90 Å². The quantitative estimate of drug-likeness (QED) is 0.589. The molecule has 11 heavy (non-hydrogen) atoms. The van der Waals surface area contributed by atoms with E-state index >= 15 is 0 Å². The summed E-state index contributed by atoms with van der Waals surface area (Å²) in [5.74, 6) is 0. The highest BCUT2D eigenvalue weighted by Crippen LogP contribution is 2.32. The van der Waals surface area contributed by atoms with Crippen molar-refractivity contribution in [2.75, 3.05) is 0 Å². The molecule has 0 saturated carbocycles. The molecule has 0 aromatic rings. The van der Waals surface area contributed by atoms with Crippen molar-refractivity contribution in [1.82, 2.24) is 5.32 Å². The molecule has 2 atom stereocenters. The molecule has 4 nitrogen and oxygen atoms in total. The number of alkyl carbamates (subject to hydrolysis) is 1. The third-order valence-electron chi connectivity index (χ3n) is 2.37. The number of ether oxygens (including phenoxy) is 1. The van der Waals surface area contributed by atoms with Crippen LogP contribution in [0.1, 0.15) is 27.2 Å². The van der Waals surface area contributed by atoms with Gasteiger partial charge in [0.05, 0.1) is 0 Å². The maximum absolute atomic E-state index is 10.7. The van der Waals surface area contributed by atoms with Crippen LogP contribution in [0, 0.1) is 0 Å². The van der Waals surface area contributed by atoms with Crippen molar-refractivity contribution >= 4 is 6.09 Å². The number of nitrogens with one attached hydrogen (secondary N) is 1. The average molecular weight is 159 g/mol. The van der Waals surface area contributed by atoms with Crippen LogP contribution in [-0.4, -0.2) is 22.5 Å². The lowest BCUT2D eigenvalue weighted by Gasteiger charge is -2.31. The number of aliphatic hydroxyl groups is 1. The van der Waals surface area contributed by atoms with Crippen LogP contribution in [0.2, 0.25) is 0 Å². The number of amides is 1. The zero-order valence-corrected chi connectivity index (χ0v) is 6.97. The first-order valence-corrected chi connectivity index (χ1v) is 3.65. The van der Waals surface area contributed by atoms with E-state index in [0.29, 0.717) is 6.42 Å². The summed E-state index contributed by atoms with van der Waals surface area (Å²) in [4.78, 5) is 10.7. The van der Waals surface area contributed by atoms with Crippen LogP contribution in [0.25, 0.3) is 0 Å². The van der Waals surface area contributed by atoms with Crippen LogP contribution in [0.4, 0.5) is 4.79 Å². The molecule has 0 radical (unpaired) electrons. The number of rotatable bonds is 1. The average Bonchev–Trinajstić information content (AvgIpc) is 2.03. The Balaban J connectivity index is 2.89. The molecular weight excluding hydrogens is 146 g/mol. The molecule has 1 aliphatic heterocycles. The Kier molecular flexibility index (Phi) is 1.59. The lowest BCUT2D eigenvalue weighted by Crippen LogP contribution is -2.52. The number of carbonyl (C=O) groups is 1. The van der Waals surface area contributed by atoms with Crippen molar-refractivity contribution in [1.29, 1.82) is 0 Å². The van der Waals surface area contributed by atoms with Gasteiger partial charge in [-0.15, -0.1) is 0 Å². The van der Waals surface area contributed by atoms with Crippen molar-refractivity contribution < 1.29 is 14.6 Å². The summed E-state index contributed by atoms with van der Waals surface area (Å²) in [6.07, 6.45) is 0.0259. The number of hydrogen-bond acceptors (Lipinski definition) is 3. The highest BCUT2D eigenvalue weighted by Gasteiger charge is 2.52. The highest BCUT2D eigenvalue weighted by atomic mass is 16.6. The lowest BCUT2D eigenvalue weighted by atomic mass is 9.92. The minimum absolute atomic E-state index is 0.556. The topological polar surface area (TPSA) is 58.6 Å². The summed E-state index contributed by atoms with van der Waals surface area (Å²) in [6.45, 7) is 5.08. The largest absolute Gasteiger partial charge is 0.438 e. The van der Waals surface area contributed by atoms with Crippen molar-refractivity contribution in [3.05, 3.63) is 0 Å². The van der Waals surface area contributed by atoms with Gasteiger partial charge in [0.15, 0.2) is 11.3 Å². The third-order valence-corrected chi connectivity index (χ3v) is 2.37. The molecule has 4 heteroatoms. The second kappa shape index (κ2) is 2.11. The van der Waals surface area contributed by atoms with Gasteiger partial charge in [-0.3, -0.25) is 5.32 Å². The van der Waals surface area contributed by atoms with Gasteiger partial charge in [-0.25, -0.2) is 4.79 Å². The normalized spacial score (nSPS) is 43.5. The smallest absolute Gasteiger partial charge is 0.410 e. The standard InChI is InChI=1S/C7H13NO3/c1-4-6(2)7(3,10)8-5(9)11-6/h10H,4H2,1-3H3,(H,8,9). The Morgan fingerprint density at radius 2 is 2.18 bits per heavy atom. The predicted octanol–water partition coefficient (Wildman–Crippen LogP) is 0.603. The van der Waals surface area contributed by atoms with Gasteiger partial charge in [-0.1, -0.05) is 6.92 Å². The number of hydrogen-bond donors (Lipinski definition) is 2. The molecule has 2 N–H and O–H groups in total. The lowest BCUT2D eigenvalue weighted by molar-refractivity contribution is -0.0953. The van der Waals surface area contributed by atoms with Crippen LogP contribution in [-0.2, 0) is 4.74 Å². The second-order valence-corrected chi connectivity index (χ2v) is 3.17. The molecule has 1 heterocycles. The first kappa shape index (κ1) is 8.33. The SMILES string of the molecule is CCC1(C)OC(=O)NC1(C)O. The van der Waals surface area contributed by atoms with Crippen LogP contribution in [0.3, 0.4) is 0 Å². The Morgan fingerprint density at radius 1 is 1.64 bits per heavy atom. The van der Waals surface area contributed by atoms with Gasteiger partial charge < -0.3 is 9.84 Å². The van der Waals surface area contributed by atoms with Gasteiger partial charge in [0.2, 0.25) is 0 Å². The number of carbonyl (C=O) groups excluding carboxylic acids is 1. The fraction of sp³-hybridized carbons (Fsp3) is 0.857. The Labute approximate surface area is 65.5 Å². The van der Waals surface area contributed by atoms with E-state index in [1.807, 2.05) is 6.92 Å². The Hall–Kier alpha value is -0.770. The Bertz CT molecular complexity index is 190. The van der Waals surface area contributed by atoms with Gasteiger partial charge in [-0.05, 0) is 20.3 Å². The van der Waals surface area contributed by atoms with Crippen LogP contribution in [0.15, 0.2) is 0 Å². The molecule has 2 unspecified atom stereocenters. The maximum atomic E-state index is 10.7. The van der Waals surface area contributed by atoms with Gasteiger partial charge in [0, 0.05) is 0 Å². The van der Waals surface area contributed by atoms with Crippen molar-refractivity contribution in [2.24, 2.45) is 0 Å². The number of cyclic esters (lactones) is 1. The van der Waals surface area contributed by atoms with E-state index < -0.39 is 17.4 Å². The van der Waals surface area contributed by atoms with Crippen LogP contribution >= 0.6 is 0 Å². The minimum atomic E-state index is -1.25. The molecule has 1 amide bonds. The van der Waals surface area contributed by atoms with Crippen molar-refractivity contribution in [3.63, 3.8) is 0 Å². The predicted molar refractivity (Wildman–Crippen MR) is 38.9 cm³/mol. The van der Waals surface area contributed by atoms with Crippen molar-refractivity contribution in [2.45, 2.75) is 38.5 Å². The summed E-state index contributed by atoms with van der Waals surface area (Å²) in [6, 6.07) is 0. The molecule has 1 aliphatic rings. The molecular formula is C7H13NO3. The minimum Gasteiger partial charge on any atom is -0.438 e. The summed E-state index contributed by atoms with van der Waals surface area (Å²) < 4.78 is 4.91. The molecule has 0 aromatic heterocycles. The fourth-order valence-electron chi connectivity index (χ4n) is 1.08. The summed E-state index contributed by atoms with van der Waals surface area (Å²) in [5.41, 5.74) is -2.05. The molecule has 0 aromatic carbocycles. The monoisotopic (exact) mass is 159 g/mol. The van der Waals surface area contributed by atoms with Gasteiger partial charge in [0.1, 0.15) is 0 Å². The highest BCUT2D eigenvalue weighted by molar-refractivity contribution is 5.71. The molecule has 0 bridgehead atoms. The van der Waals surface area contributed by atoms with Gasteiger partial charge >= 0.3 is 6.09 Å². The van der Waals surface area contributed by atoms with Gasteiger partial charge in [-0.2, -0.15) is 0 Å². The molecule has 64 valence electrons.